The molecule has 0 amide bonds. The van der Waals surface area contributed by atoms with Crippen LogP contribution in [-0.4, -0.2) is 15.0 Å². The minimum Gasteiger partial charge on any atom is -0.323 e. The van der Waals surface area contributed by atoms with Crippen LogP contribution in [0.1, 0.15) is 37.1 Å². The first-order chi connectivity index (χ1) is 9.02. The topological polar surface area (TPSA) is 56.7 Å². The Morgan fingerprint density at radius 3 is 2.89 bits per heavy atom. The molecule has 0 aliphatic heterocycles. The Morgan fingerprint density at radius 2 is 2.21 bits per heavy atom. The number of aryl methyl sites for hydroxylation is 1. The van der Waals surface area contributed by atoms with Crippen LogP contribution in [0.25, 0.3) is 5.69 Å². The minimum absolute atomic E-state index is 0.108. The Kier molecular flexibility index (Phi) is 4.31. The minimum atomic E-state index is -0.288. The number of aromatic nitrogens is 3. The Hall–Kier alpha value is -1.27. The first kappa shape index (κ1) is 14.1. The summed E-state index contributed by atoms with van der Waals surface area (Å²) < 4.78 is 15.4. The lowest BCUT2D eigenvalue weighted by atomic mass is 10.1. The predicted octanol–water partition coefficient (Wildman–Crippen LogP) is 3.28. The van der Waals surface area contributed by atoms with Crippen molar-refractivity contribution in [1.82, 2.24) is 15.0 Å². The van der Waals surface area contributed by atoms with Crippen LogP contribution in [0.5, 0.6) is 0 Å². The molecule has 0 saturated heterocycles. The van der Waals surface area contributed by atoms with Crippen LogP contribution in [-0.2, 0) is 0 Å². The van der Waals surface area contributed by atoms with Gasteiger partial charge in [0.15, 0.2) is 0 Å². The number of hydrogen-bond donors (Lipinski definition) is 1. The lowest BCUT2D eigenvalue weighted by Gasteiger charge is -2.07. The van der Waals surface area contributed by atoms with Crippen molar-refractivity contribution >= 4 is 15.9 Å². The third-order valence-corrected chi connectivity index (χ3v) is 3.58. The van der Waals surface area contributed by atoms with Gasteiger partial charge in [-0.05, 0) is 47.0 Å². The van der Waals surface area contributed by atoms with Crippen LogP contribution < -0.4 is 5.73 Å². The molecule has 1 unspecified atom stereocenters. The zero-order chi connectivity index (χ0) is 14.0. The molecule has 6 heteroatoms. The van der Waals surface area contributed by atoms with Crippen molar-refractivity contribution in [3.05, 3.63) is 39.9 Å². The van der Waals surface area contributed by atoms with Gasteiger partial charge >= 0.3 is 0 Å². The number of hydrogen-bond acceptors (Lipinski definition) is 3. The molecular weight excluding hydrogens is 311 g/mol. The molecule has 1 heterocycles. The molecule has 0 spiro atoms. The fourth-order valence-corrected chi connectivity index (χ4v) is 2.24. The summed E-state index contributed by atoms with van der Waals surface area (Å²) >= 11 is 3.18. The number of rotatable bonds is 4. The molecule has 0 aliphatic rings. The first-order valence-corrected chi connectivity index (χ1v) is 6.96. The van der Waals surface area contributed by atoms with Crippen LogP contribution in [0, 0.1) is 12.7 Å². The van der Waals surface area contributed by atoms with Gasteiger partial charge in [0.2, 0.25) is 0 Å². The van der Waals surface area contributed by atoms with Gasteiger partial charge < -0.3 is 5.73 Å². The second-order valence-corrected chi connectivity index (χ2v) is 5.39. The molecule has 102 valence electrons. The molecule has 0 saturated carbocycles. The second-order valence-electron chi connectivity index (χ2n) is 4.54. The molecule has 4 nitrogen and oxygen atoms in total. The van der Waals surface area contributed by atoms with E-state index in [1.807, 2.05) is 6.92 Å². The van der Waals surface area contributed by atoms with Gasteiger partial charge in [-0.3, -0.25) is 0 Å². The highest BCUT2D eigenvalue weighted by Crippen LogP contribution is 2.23. The van der Waals surface area contributed by atoms with Gasteiger partial charge in [0.1, 0.15) is 5.82 Å². The van der Waals surface area contributed by atoms with E-state index in [1.54, 1.807) is 16.9 Å². The summed E-state index contributed by atoms with van der Waals surface area (Å²) in [5.74, 6) is -0.288. The van der Waals surface area contributed by atoms with Gasteiger partial charge in [0.05, 0.1) is 28.1 Å². The maximum Gasteiger partial charge on any atom is 0.137 e. The third kappa shape index (κ3) is 3.01. The molecule has 19 heavy (non-hydrogen) atoms. The highest BCUT2D eigenvalue weighted by molar-refractivity contribution is 9.10. The maximum atomic E-state index is 13.4. The monoisotopic (exact) mass is 326 g/mol. The zero-order valence-electron chi connectivity index (χ0n) is 10.9. The van der Waals surface area contributed by atoms with Gasteiger partial charge in [-0.15, -0.1) is 5.10 Å². The van der Waals surface area contributed by atoms with Gasteiger partial charge in [-0.1, -0.05) is 18.6 Å². The molecule has 0 fully saturated rings. The van der Waals surface area contributed by atoms with Gasteiger partial charge in [-0.25, -0.2) is 9.07 Å². The molecule has 2 rings (SSSR count). The van der Waals surface area contributed by atoms with Crippen LogP contribution in [0.15, 0.2) is 22.8 Å². The predicted molar refractivity (Wildman–Crippen MR) is 75.6 cm³/mol. The molecule has 0 bridgehead atoms. The highest BCUT2D eigenvalue weighted by Gasteiger charge is 2.13. The highest BCUT2D eigenvalue weighted by atomic mass is 79.9. The molecule has 1 aromatic carbocycles. The van der Waals surface area contributed by atoms with Gasteiger partial charge in [-0.2, -0.15) is 0 Å². The van der Waals surface area contributed by atoms with Crippen molar-refractivity contribution in [2.45, 2.75) is 32.7 Å². The quantitative estimate of drug-likeness (QED) is 0.938. The van der Waals surface area contributed by atoms with E-state index in [-0.39, 0.29) is 11.9 Å². The van der Waals surface area contributed by atoms with Crippen molar-refractivity contribution in [3.8, 4) is 5.69 Å². The van der Waals surface area contributed by atoms with Crippen LogP contribution in [0.4, 0.5) is 4.39 Å². The Balaban J connectivity index is 2.35. The molecule has 1 aromatic heterocycles. The lowest BCUT2D eigenvalue weighted by molar-refractivity contribution is 0.618. The number of nitrogens with two attached hydrogens (primary N) is 1. The molecule has 0 radical (unpaired) electrons. The average Bonchev–Trinajstić information content (AvgIpc) is 2.83. The van der Waals surface area contributed by atoms with Crippen LogP contribution >= 0.6 is 15.9 Å². The van der Waals surface area contributed by atoms with Crippen molar-refractivity contribution in [1.29, 1.82) is 0 Å². The maximum absolute atomic E-state index is 13.4. The van der Waals surface area contributed by atoms with E-state index >= 15 is 0 Å². The summed E-state index contributed by atoms with van der Waals surface area (Å²) in [5, 5.41) is 8.15. The van der Waals surface area contributed by atoms with E-state index in [0.29, 0.717) is 4.47 Å². The van der Waals surface area contributed by atoms with E-state index in [0.717, 1.165) is 29.8 Å². The number of benzene rings is 1. The zero-order valence-corrected chi connectivity index (χ0v) is 12.5. The molecular formula is C13H16BrFN4. The van der Waals surface area contributed by atoms with Crippen molar-refractivity contribution < 1.29 is 4.39 Å². The van der Waals surface area contributed by atoms with E-state index < -0.39 is 0 Å². The summed E-state index contributed by atoms with van der Waals surface area (Å²) in [7, 11) is 0. The molecule has 1 atom stereocenters. The van der Waals surface area contributed by atoms with Crippen LogP contribution in [0.3, 0.4) is 0 Å². The summed E-state index contributed by atoms with van der Waals surface area (Å²) in [4.78, 5) is 0. The summed E-state index contributed by atoms with van der Waals surface area (Å²) in [6, 6.07) is 3.05. The standard InChI is InChI=1S/C13H16BrFN4/c1-3-4-11(16)12-7-19(18-17-12)13-6-9(14)10(15)5-8(13)2/h5-7,11H,3-4,16H2,1-2H3. The summed E-state index contributed by atoms with van der Waals surface area (Å²) in [6.07, 6.45) is 3.66. The van der Waals surface area contributed by atoms with E-state index in [1.165, 1.54) is 6.07 Å². The molecule has 0 aliphatic carbocycles. The Bertz CT molecular complexity index is 582. The first-order valence-electron chi connectivity index (χ1n) is 6.16. The summed E-state index contributed by atoms with van der Waals surface area (Å²) in [5.41, 5.74) is 8.34. The smallest absolute Gasteiger partial charge is 0.137 e. The number of halogens is 2. The fraction of sp³-hybridized carbons (Fsp3) is 0.385. The van der Waals surface area contributed by atoms with Crippen LogP contribution in [0.2, 0.25) is 0 Å². The third-order valence-electron chi connectivity index (χ3n) is 2.98. The van der Waals surface area contributed by atoms with Gasteiger partial charge in [0, 0.05) is 0 Å². The van der Waals surface area contributed by atoms with E-state index in [9.17, 15) is 4.39 Å². The average molecular weight is 327 g/mol. The van der Waals surface area contributed by atoms with Crippen molar-refractivity contribution in [3.63, 3.8) is 0 Å². The van der Waals surface area contributed by atoms with Crippen molar-refractivity contribution in [2.75, 3.05) is 0 Å². The van der Waals surface area contributed by atoms with E-state index in [4.69, 9.17) is 5.73 Å². The Morgan fingerprint density at radius 1 is 1.47 bits per heavy atom. The van der Waals surface area contributed by atoms with Crippen molar-refractivity contribution in [2.24, 2.45) is 5.73 Å². The summed E-state index contributed by atoms with van der Waals surface area (Å²) in [6.45, 7) is 3.91. The Labute approximate surface area is 119 Å². The number of nitrogens with zero attached hydrogens (tertiary/aromatic N) is 3. The van der Waals surface area contributed by atoms with Gasteiger partial charge in [0.25, 0.3) is 0 Å². The second kappa shape index (κ2) is 5.79. The molecule has 2 N–H and O–H groups in total. The normalized spacial score (nSPS) is 12.7. The molecule has 2 aromatic rings. The fourth-order valence-electron chi connectivity index (χ4n) is 1.91. The largest absolute Gasteiger partial charge is 0.323 e. The SMILES string of the molecule is CCCC(N)c1cn(-c2cc(Br)c(F)cc2C)nn1. The van der Waals surface area contributed by atoms with E-state index in [2.05, 4.69) is 33.2 Å². The lowest BCUT2D eigenvalue weighted by Crippen LogP contribution is -2.10.